The van der Waals surface area contributed by atoms with Crippen molar-refractivity contribution in [3.05, 3.63) is 90.2 Å². The van der Waals surface area contributed by atoms with Crippen molar-refractivity contribution in [1.82, 2.24) is 0 Å². The van der Waals surface area contributed by atoms with Gasteiger partial charge in [-0.1, -0.05) is 42.5 Å². The number of carbonyl (C=O) groups is 2. The molecule has 0 spiro atoms. The lowest BCUT2D eigenvalue weighted by molar-refractivity contribution is -0.145. The first-order valence-corrected chi connectivity index (χ1v) is 10.2. The topological polar surface area (TPSA) is 80.0 Å². The van der Waals surface area contributed by atoms with Crippen LogP contribution in [-0.4, -0.2) is 24.1 Å². The highest BCUT2D eigenvalue weighted by molar-refractivity contribution is 6.09. The van der Waals surface area contributed by atoms with Gasteiger partial charge in [0.2, 0.25) is 11.8 Å². The molecule has 4 aromatic rings. The van der Waals surface area contributed by atoms with Crippen molar-refractivity contribution >= 4 is 34.2 Å². The Morgan fingerprint density at radius 3 is 2.34 bits per heavy atom. The third kappa shape index (κ3) is 4.21. The van der Waals surface area contributed by atoms with Crippen LogP contribution in [0.15, 0.2) is 83.5 Å². The number of amides is 1. The van der Waals surface area contributed by atoms with Crippen LogP contribution in [0.1, 0.15) is 11.1 Å². The van der Waals surface area contributed by atoms with Crippen LogP contribution in [0.2, 0.25) is 0 Å². The summed E-state index contributed by atoms with van der Waals surface area (Å²) in [7, 11) is 1.55. The van der Waals surface area contributed by atoms with Crippen molar-refractivity contribution in [2.45, 2.75) is 13.3 Å². The fourth-order valence-electron chi connectivity index (χ4n) is 3.71. The van der Waals surface area contributed by atoms with Crippen LogP contribution in [0.5, 0.6) is 5.75 Å². The molecule has 0 aliphatic rings. The van der Waals surface area contributed by atoms with Gasteiger partial charge in [-0.25, -0.2) is 4.90 Å². The second-order valence-electron chi connectivity index (χ2n) is 7.56. The number of carbonyl (C=O) groups excluding carboxylic acids is 1. The lowest BCUT2D eigenvalue weighted by Crippen LogP contribution is -2.38. The van der Waals surface area contributed by atoms with E-state index in [-0.39, 0.29) is 6.42 Å². The summed E-state index contributed by atoms with van der Waals surface area (Å²) in [4.78, 5) is 27.1. The molecule has 1 atom stereocenters. The van der Waals surface area contributed by atoms with Crippen molar-refractivity contribution in [2.24, 2.45) is 5.92 Å². The Bertz CT molecular complexity index is 1260. The fourth-order valence-corrected chi connectivity index (χ4v) is 3.71. The Morgan fingerprint density at radius 1 is 1.00 bits per heavy atom. The number of benzene rings is 3. The van der Waals surface area contributed by atoms with Gasteiger partial charge in [-0.3, -0.25) is 9.59 Å². The number of aryl methyl sites for hydroxylation is 1. The van der Waals surface area contributed by atoms with E-state index in [4.69, 9.17) is 9.15 Å². The number of aliphatic carboxylic acids is 1. The SMILES string of the molecule is COc1ccc(N(C(=O)[C@@H](Cc2ccc3ccccc3c2)C(=O)O)c2occc2C)cc1. The van der Waals surface area contributed by atoms with Crippen LogP contribution in [0.3, 0.4) is 0 Å². The molecule has 0 fully saturated rings. The van der Waals surface area contributed by atoms with E-state index >= 15 is 0 Å². The number of furan rings is 1. The quantitative estimate of drug-likeness (QED) is 0.400. The van der Waals surface area contributed by atoms with E-state index in [0.717, 1.165) is 21.9 Å². The first kappa shape index (κ1) is 21.2. The Balaban J connectivity index is 1.71. The monoisotopic (exact) mass is 429 g/mol. The number of nitrogens with zero attached hydrogens (tertiary/aromatic N) is 1. The highest BCUT2D eigenvalue weighted by Gasteiger charge is 2.34. The number of carboxylic acid groups (broad SMARTS) is 1. The van der Waals surface area contributed by atoms with Crippen molar-refractivity contribution in [1.29, 1.82) is 0 Å². The molecule has 1 aromatic heterocycles. The standard InChI is InChI=1S/C26H23NO5/c1-17-13-14-32-25(17)27(21-9-11-22(31-2)12-10-21)24(28)23(26(29)30)16-18-7-8-19-5-3-4-6-20(19)15-18/h3-15,23H,16H2,1-2H3,(H,29,30)/t23-/m1/s1. The molecule has 32 heavy (non-hydrogen) atoms. The summed E-state index contributed by atoms with van der Waals surface area (Å²) in [6, 6.07) is 22.1. The largest absolute Gasteiger partial charge is 0.497 e. The zero-order valence-corrected chi connectivity index (χ0v) is 17.8. The Morgan fingerprint density at radius 2 is 1.72 bits per heavy atom. The molecule has 0 aliphatic heterocycles. The average Bonchev–Trinajstić information content (AvgIpc) is 3.23. The van der Waals surface area contributed by atoms with Gasteiger partial charge >= 0.3 is 5.97 Å². The van der Waals surface area contributed by atoms with E-state index in [1.807, 2.05) is 49.4 Å². The molecule has 162 valence electrons. The predicted octanol–water partition coefficient (Wildman–Crippen LogP) is 5.36. The second kappa shape index (κ2) is 8.98. The highest BCUT2D eigenvalue weighted by atomic mass is 16.5. The smallest absolute Gasteiger partial charge is 0.316 e. The molecule has 0 saturated carbocycles. The molecule has 6 heteroatoms. The predicted molar refractivity (Wildman–Crippen MR) is 122 cm³/mol. The Hall–Kier alpha value is -4.06. The highest BCUT2D eigenvalue weighted by Crippen LogP contribution is 2.33. The van der Waals surface area contributed by atoms with E-state index < -0.39 is 17.8 Å². The minimum Gasteiger partial charge on any atom is -0.497 e. The maximum Gasteiger partial charge on any atom is 0.316 e. The molecule has 4 rings (SSSR count). The molecule has 0 radical (unpaired) electrons. The van der Waals surface area contributed by atoms with Crippen molar-refractivity contribution in [3.8, 4) is 5.75 Å². The van der Waals surface area contributed by atoms with E-state index in [1.165, 1.54) is 11.2 Å². The molecule has 0 bridgehead atoms. The lowest BCUT2D eigenvalue weighted by atomic mass is 9.95. The van der Waals surface area contributed by atoms with Gasteiger partial charge in [-0.15, -0.1) is 0 Å². The summed E-state index contributed by atoms with van der Waals surface area (Å²) in [5.74, 6) is -2.13. The van der Waals surface area contributed by atoms with Crippen LogP contribution < -0.4 is 9.64 Å². The molecular formula is C26H23NO5. The number of methoxy groups -OCH3 is 1. The molecule has 1 amide bonds. The molecule has 0 unspecified atom stereocenters. The van der Waals surface area contributed by atoms with Gasteiger partial charge in [0.25, 0.3) is 0 Å². The van der Waals surface area contributed by atoms with Crippen LogP contribution in [0.25, 0.3) is 10.8 Å². The summed E-state index contributed by atoms with van der Waals surface area (Å²) in [6.45, 7) is 1.81. The number of anilines is 2. The molecule has 0 aliphatic carbocycles. The third-order valence-electron chi connectivity index (χ3n) is 5.44. The van der Waals surface area contributed by atoms with Crippen molar-refractivity contribution < 1.29 is 23.8 Å². The molecule has 0 saturated heterocycles. The molecule has 6 nitrogen and oxygen atoms in total. The molecule has 1 heterocycles. The van der Waals surface area contributed by atoms with Gasteiger partial charge in [0.15, 0.2) is 0 Å². The summed E-state index contributed by atoms with van der Waals surface area (Å²) < 4.78 is 10.8. The molecule has 1 N–H and O–H groups in total. The average molecular weight is 429 g/mol. The van der Waals surface area contributed by atoms with Gasteiger partial charge in [0.05, 0.1) is 19.1 Å². The maximum atomic E-state index is 13.6. The van der Waals surface area contributed by atoms with E-state index in [9.17, 15) is 14.7 Å². The summed E-state index contributed by atoms with van der Waals surface area (Å²) >= 11 is 0. The number of hydrogen-bond acceptors (Lipinski definition) is 4. The number of hydrogen-bond donors (Lipinski definition) is 1. The minimum absolute atomic E-state index is 0.0609. The first-order chi connectivity index (χ1) is 15.5. The van der Waals surface area contributed by atoms with Gasteiger partial charge in [0.1, 0.15) is 11.7 Å². The lowest BCUT2D eigenvalue weighted by Gasteiger charge is -2.25. The number of rotatable bonds is 7. The summed E-state index contributed by atoms with van der Waals surface area (Å²) in [5, 5.41) is 12.0. The van der Waals surface area contributed by atoms with Crippen molar-refractivity contribution in [3.63, 3.8) is 0 Å². The van der Waals surface area contributed by atoms with Crippen LogP contribution in [0.4, 0.5) is 11.6 Å². The second-order valence-corrected chi connectivity index (χ2v) is 7.56. The van der Waals surface area contributed by atoms with Gasteiger partial charge in [-0.05, 0) is 60.0 Å². The maximum absolute atomic E-state index is 13.6. The third-order valence-corrected chi connectivity index (χ3v) is 5.44. The summed E-state index contributed by atoms with van der Waals surface area (Å²) in [5.41, 5.74) is 2.00. The number of ether oxygens (including phenoxy) is 1. The normalized spacial score (nSPS) is 11.8. The van der Waals surface area contributed by atoms with Gasteiger partial charge in [-0.2, -0.15) is 0 Å². The van der Waals surface area contributed by atoms with E-state index in [1.54, 1.807) is 37.4 Å². The zero-order valence-electron chi connectivity index (χ0n) is 17.8. The van der Waals surface area contributed by atoms with E-state index in [0.29, 0.717) is 17.3 Å². The number of carboxylic acids is 1. The fraction of sp³-hybridized carbons (Fsp3) is 0.154. The molecule has 3 aromatic carbocycles. The minimum atomic E-state index is -1.29. The first-order valence-electron chi connectivity index (χ1n) is 10.2. The zero-order chi connectivity index (χ0) is 22.7. The Kier molecular flexibility index (Phi) is 5.94. The van der Waals surface area contributed by atoms with Gasteiger partial charge in [0, 0.05) is 5.56 Å². The van der Waals surface area contributed by atoms with Crippen LogP contribution in [-0.2, 0) is 16.0 Å². The van der Waals surface area contributed by atoms with Crippen molar-refractivity contribution in [2.75, 3.05) is 12.0 Å². The van der Waals surface area contributed by atoms with Crippen LogP contribution in [0, 0.1) is 12.8 Å². The Labute approximate surface area is 185 Å². The van der Waals surface area contributed by atoms with Gasteiger partial charge < -0.3 is 14.3 Å². The molecular weight excluding hydrogens is 406 g/mol. The van der Waals surface area contributed by atoms with Crippen LogP contribution >= 0.6 is 0 Å². The van der Waals surface area contributed by atoms with E-state index in [2.05, 4.69) is 0 Å². The summed E-state index contributed by atoms with van der Waals surface area (Å²) in [6.07, 6.45) is 1.54. The number of fused-ring (bicyclic) bond motifs is 1.